The Balaban J connectivity index is 1.86. The monoisotopic (exact) mass is 317 g/mol. The van der Waals surface area contributed by atoms with E-state index in [2.05, 4.69) is 55.2 Å². The number of guanidine groups is 1. The molecular formula is C19H31N3O. The Hall–Kier alpha value is -1.55. The maximum Gasteiger partial charge on any atom is 0.193 e. The van der Waals surface area contributed by atoms with Crippen molar-refractivity contribution in [1.29, 1.82) is 0 Å². The van der Waals surface area contributed by atoms with Crippen molar-refractivity contribution in [3.05, 3.63) is 34.4 Å². The Bertz CT molecular complexity index is 525. The summed E-state index contributed by atoms with van der Waals surface area (Å²) in [7, 11) is 3.96. The number of benzene rings is 1. The molecular weight excluding hydrogens is 286 g/mol. The van der Waals surface area contributed by atoms with E-state index in [-0.39, 0.29) is 0 Å². The molecule has 128 valence electrons. The van der Waals surface area contributed by atoms with Crippen molar-refractivity contribution in [2.45, 2.75) is 33.6 Å². The van der Waals surface area contributed by atoms with Crippen LogP contribution in [0.2, 0.25) is 0 Å². The second-order valence-electron chi connectivity index (χ2n) is 6.71. The lowest BCUT2D eigenvalue weighted by Gasteiger charge is -2.24. The van der Waals surface area contributed by atoms with Gasteiger partial charge >= 0.3 is 0 Å². The van der Waals surface area contributed by atoms with E-state index < -0.39 is 0 Å². The van der Waals surface area contributed by atoms with Gasteiger partial charge < -0.3 is 15.0 Å². The SMILES string of the molecule is CN=C(NCCc1c(C)cc(C)cc1C)N(C)CC1CCOC1. The van der Waals surface area contributed by atoms with Gasteiger partial charge in [-0.25, -0.2) is 0 Å². The Morgan fingerprint density at radius 1 is 1.30 bits per heavy atom. The molecule has 0 amide bonds. The number of rotatable bonds is 5. The molecule has 1 N–H and O–H groups in total. The van der Waals surface area contributed by atoms with Gasteiger partial charge in [0, 0.05) is 39.7 Å². The summed E-state index contributed by atoms with van der Waals surface area (Å²) in [5.74, 6) is 1.60. The molecule has 1 saturated heterocycles. The zero-order chi connectivity index (χ0) is 16.8. The largest absolute Gasteiger partial charge is 0.381 e. The molecule has 2 rings (SSSR count). The Morgan fingerprint density at radius 2 is 2.00 bits per heavy atom. The molecule has 1 atom stereocenters. The van der Waals surface area contributed by atoms with Gasteiger partial charge in [0.25, 0.3) is 0 Å². The predicted octanol–water partition coefficient (Wildman–Crippen LogP) is 2.70. The Morgan fingerprint density at radius 3 is 2.57 bits per heavy atom. The number of aryl methyl sites for hydroxylation is 3. The zero-order valence-corrected chi connectivity index (χ0v) is 15.3. The highest BCUT2D eigenvalue weighted by Crippen LogP contribution is 2.17. The number of hydrogen-bond acceptors (Lipinski definition) is 2. The molecule has 1 aliphatic heterocycles. The first-order valence-corrected chi connectivity index (χ1v) is 8.57. The summed E-state index contributed by atoms with van der Waals surface area (Å²) < 4.78 is 5.46. The van der Waals surface area contributed by atoms with Crippen LogP contribution in [0.4, 0.5) is 0 Å². The van der Waals surface area contributed by atoms with Crippen LogP contribution >= 0.6 is 0 Å². The normalized spacial score (nSPS) is 18.3. The smallest absolute Gasteiger partial charge is 0.193 e. The molecule has 1 aromatic rings. The maximum atomic E-state index is 5.46. The number of hydrogen-bond donors (Lipinski definition) is 1. The second kappa shape index (κ2) is 8.34. The summed E-state index contributed by atoms with van der Waals surface area (Å²) in [4.78, 5) is 6.63. The first-order chi connectivity index (χ1) is 11.0. The van der Waals surface area contributed by atoms with Crippen molar-refractivity contribution < 1.29 is 4.74 Å². The lowest BCUT2D eigenvalue weighted by atomic mass is 9.97. The van der Waals surface area contributed by atoms with Crippen molar-refractivity contribution in [2.24, 2.45) is 10.9 Å². The topological polar surface area (TPSA) is 36.9 Å². The van der Waals surface area contributed by atoms with Crippen LogP contribution in [-0.4, -0.2) is 51.3 Å². The lowest BCUT2D eigenvalue weighted by molar-refractivity contribution is 0.181. The van der Waals surface area contributed by atoms with Gasteiger partial charge in [-0.05, 0) is 50.3 Å². The summed E-state index contributed by atoms with van der Waals surface area (Å²) >= 11 is 0. The van der Waals surface area contributed by atoms with Gasteiger partial charge in [0.15, 0.2) is 5.96 Å². The van der Waals surface area contributed by atoms with Crippen molar-refractivity contribution >= 4 is 5.96 Å². The fourth-order valence-electron chi connectivity index (χ4n) is 3.49. The molecule has 1 aromatic carbocycles. The van der Waals surface area contributed by atoms with E-state index in [4.69, 9.17) is 4.74 Å². The Kier molecular flexibility index (Phi) is 6.46. The first kappa shape index (κ1) is 17.8. The van der Waals surface area contributed by atoms with Crippen LogP contribution in [0, 0.1) is 26.7 Å². The van der Waals surface area contributed by atoms with E-state index in [9.17, 15) is 0 Å². The van der Waals surface area contributed by atoms with E-state index in [0.717, 1.165) is 45.1 Å². The van der Waals surface area contributed by atoms with Crippen LogP contribution in [0.3, 0.4) is 0 Å². The summed E-state index contributed by atoms with van der Waals surface area (Å²) in [5, 5.41) is 3.50. The van der Waals surface area contributed by atoms with Gasteiger partial charge in [0.05, 0.1) is 6.61 Å². The van der Waals surface area contributed by atoms with E-state index in [0.29, 0.717) is 5.92 Å². The highest BCUT2D eigenvalue weighted by Gasteiger charge is 2.19. The average Bonchev–Trinajstić information content (AvgIpc) is 2.98. The summed E-state index contributed by atoms with van der Waals surface area (Å²) in [5.41, 5.74) is 5.56. The number of nitrogens with one attached hydrogen (secondary N) is 1. The van der Waals surface area contributed by atoms with Crippen LogP contribution in [0.15, 0.2) is 17.1 Å². The van der Waals surface area contributed by atoms with E-state index in [1.807, 2.05) is 7.05 Å². The molecule has 4 nitrogen and oxygen atoms in total. The fraction of sp³-hybridized carbons (Fsp3) is 0.632. The standard InChI is InChI=1S/C19H31N3O/c1-14-10-15(2)18(16(3)11-14)6-8-21-19(20-4)22(5)12-17-7-9-23-13-17/h10-11,17H,6-9,12-13H2,1-5H3,(H,20,21). The molecule has 0 spiro atoms. The highest BCUT2D eigenvalue weighted by atomic mass is 16.5. The van der Waals surface area contributed by atoms with Gasteiger partial charge in [-0.1, -0.05) is 17.7 Å². The van der Waals surface area contributed by atoms with Crippen LogP contribution in [-0.2, 0) is 11.2 Å². The molecule has 23 heavy (non-hydrogen) atoms. The zero-order valence-electron chi connectivity index (χ0n) is 15.3. The fourth-order valence-corrected chi connectivity index (χ4v) is 3.49. The van der Waals surface area contributed by atoms with Crippen molar-refractivity contribution in [1.82, 2.24) is 10.2 Å². The van der Waals surface area contributed by atoms with Gasteiger partial charge in [0.1, 0.15) is 0 Å². The molecule has 1 unspecified atom stereocenters. The first-order valence-electron chi connectivity index (χ1n) is 8.57. The van der Waals surface area contributed by atoms with Crippen molar-refractivity contribution in [2.75, 3.05) is 40.4 Å². The number of nitrogens with zero attached hydrogens (tertiary/aromatic N) is 2. The van der Waals surface area contributed by atoms with E-state index >= 15 is 0 Å². The van der Waals surface area contributed by atoms with E-state index in [1.165, 1.54) is 22.3 Å². The minimum absolute atomic E-state index is 0.625. The van der Waals surface area contributed by atoms with Crippen LogP contribution < -0.4 is 5.32 Å². The predicted molar refractivity (Wildman–Crippen MR) is 97.3 cm³/mol. The highest BCUT2D eigenvalue weighted by molar-refractivity contribution is 5.79. The van der Waals surface area contributed by atoms with Gasteiger partial charge in [0.2, 0.25) is 0 Å². The third-order valence-corrected chi connectivity index (χ3v) is 4.63. The third-order valence-electron chi connectivity index (χ3n) is 4.63. The van der Waals surface area contributed by atoms with Crippen LogP contribution in [0.1, 0.15) is 28.7 Å². The van der Waals surface area contributed by atoms with E-state index in [1.54, 1.807) is 0 Å². The Labute approximate surface area is 140 Å². The molecule has 1 aliphatic rings. The molecule has 0 saturated carbocycles. The number of ether oxygens (including phenoxy) is 1. The molecule has 0 bridgehead atoms. The minimum atomic E-state index is 0.625. The van der Waals surface area contributed by atoms with Crippen LogP contribution in [0.5, 0.6) is 0 Å². The molecule has 1 heterocycles. The van der Waals surface area contributed by atoms with Gasteiger partial charge in [-0.2, -0.15) is 0 Å². The molecule has 0 aromatic heterocycles. The second-order valence-corrected chi connectivity index (χ2v) is 6.71. The van der Waals surface area contributed by atoms with Gasteiger partial charge in [-0.15, -0.1) is 0 Å². The van der Waals surface area contributed by atoms with Crippen molar-refractivity contribution in [3.63, 3.8) is 0 Å². The summed E-state index contributed by atoms with van der Waals surface area (Å²) in [6.07, 6.45) is 2.18. The third kappa shape index (κ3) is 4.96. The molecule has 4 heteroatoms. The summed E-state index contributed by atoms with van der Waals surface area (Å²) in [6, 6.07) is 4.53. The summed E-state index contributed by atoms with van der Waals surface area (Å²) in [6.45, 7) is 10.3. The minimum Gasteiger partial charge on any atom is -0.381 e. The quantitative estimate of drug-likeness (QED) is 0.670. The number of aliphatic imine (C=N–C) groups is 1. The molecule has 1 fully saturated rings. The van der Waals surface area contributed by atoms with Crippen molar-refractivity contribution in [3.8, 4) is 0 Å². The van der Waals surface area contributed by atoms with Gasteiger partial charge in [-0.3, -0.25) is 4.99 Å². The molecule has 0 aliphatic carbocycles. The maximum absolute atomic E-state index is 5.46. The average molecular weight is 317 g/mol. The van der Waals surface area contributed by atoms with Crippen LogP contribution in [0.25, 0.3) is 0 Å². The molecule has 0 radical (unpaired) electrons. The lowest BCUT2D eigenvalue weighted by Crippen LogP contribution is -2.42.